The topological polar surface area (TPSA) is 70.6 Å². The molecule has 2 aromatic carbocycles. The van der Waals surface area contributed by atoms with Crippen LogP contribution >= 0.6 is 0 Å². The number of carbonyl (C=O) groups excluding carboxylic acids is 2. The van der Waals surface area contributed by atoms with Crippen molar-refractivity contribution < 1.29 is 9.59 Å². The van der Waals surface area contributed by atoms with E-state index in [4.69, 9.17) is 0 Å². The molecule has 0 radical (unpaired) electrons. The van der Waals surface area contributed by atoms with E-state index in [0.29, 0.717) is 5.69 Å². The fourth-order valence-corrected chi connectivity index (χ4v) is 2.28. The third kappa shape index (κ3) is 6.16. The Labute approximate surface area is 154 Å². The number of carbonyl (C=O) groups is 2. The lowest BCUT2D eigenvalue weighted by molar-refractivity contribution is -0.126. The number of hydrazone groups is 1. The molecule has 0 atom stereocenters. The van der Waals surface area contributed by atoms with E-state index in [1.54, 1.807) is 18.3 Å². The lowest BCUT2D eigenvalue weighted by Crippen LogP contribution is -2.24. The average molecular weight is 351 g/mol. The lowest BCUT2D eigenvalue weighted by Gasteiger charge is -2.18. The zero-order valence-electron chi connectivity index (χ0n) is 15.7. The van der Waals surface area contributed by atoms with Crippen LogP contribution in [0.15, 0.2) is 53.6 Å². The monoisotopic (exact) mass is 351 g/mol. The number of rotatable bonds is 5. The summed E-state index contributed by atoms with van der Waals surface area (Å²) in [6.07, 6.45) is 1.27. The highest BCUT2D eigenvalue weighted by molar-refractivity contribution is 6.03. The van der Waals surface area contributed by atoms with E-state index < -0.39 is 5.91 Å². The van der Waals surface area contributed by atoms with E-state index in [1.807, 2.05) is 43.3 Å². The van der Waals surface area contributed by atoms with Crippen LogP contribution in [0.5, 0.6) is 0 Å². The van der Waals surface area contributed by atoms with Gasteiger partial charge in [-0.15, -0.1) is 0 Å². The minimum atomic E-state index is -0.461. The van der Waals surface area contributed by atoms with Gasteiger partial charge in [0.15, 0.2) is 0 Å². The quantitative estimate of drug-likeness (QED) is 0.489. The highest BCUT2D eigenvalue weighted by Crippen LogP contribution is 2.21. The molecule has 2 N–H and O–H groups in total. The maximum atomic E-state index is 11.8. The first-order chi connectivity index (χ1) is 12.2. The van der Waals surface area contributed by atoms with E-state index in [1.165, 1.54) is 5.56 Å². The predicted molar refractivity (Wildman–Crippen MR) is 105 cm³/mol. The zero-order valence-corrected chi connectivity index (χ0v) is 15.7. The van der Waals surface area contributed by atoms with E-state index >= 15 is 0 Å². The van der Waals surface area contributed by atoms with Crippen molar-refractivity contribution in [2.45, 2.75) is 39.5 Å². The van der Waals surface area contributed by atoms with E-state index in [2.05, 4.69) is 36.6 Å². The van der Waals surface area contributed by atoms with E-state index in [9.17, 15) is 9.59 Å². The zero-order chi connectivity index (χ0) is 19.2. The van der Waals surface area contributed by atoms with Crippen molar-refractivity contribution >= 4 is 23.7 Å². The number of aryl methyl sites for hydroxylation is 1. The van der Waals surface area contributed by atoms with Crippen LogP contribution in [0.2, 0.25) is 0 Å². The molecule has 0 saturated carbocycles. The van der Waals surface area contributed by atoms with Crippen molar-refractivity contribution in [2.75, 3.05) is 5.32 Å². The molecule has 0 heterocycles. The van der Waals surface area contributed by atoms with Gasteiger partial charge in [-0.2, -0.15) is 5.10 Å². The van der Waals surface area contributed by atoms with Crippen LogP contribution in [0.4, 0.5) is 5.69 Å². The van der Waals surface area contributed by atoms with Crippen molar-refractivity contribution in [1.29, 1.82) is 0 Å². The largest absolute Gasteiger partial charge is 0.326 e. The SMILES string of the molecule is Cc1ccc(NC(=O)CC(=O)NN=Cc2ccc(C(C)(C)C)cc2)cc1. The fraction of sp³-hybridized carbons (Fsp3) is 0.286. The fourth-order valence-electron chi connectivity index (χ4n) is 2.28. The van der Waals surface area contributed by atoms with Crippen LogP contribution in [-0.2, 0) is 15.0 Å². The first kappa shape index (κ1) is 19.4. The van der Waals surface area contributed by atoms with Crippen LogP contribution in [-0.4, -0.2) is 18.0 Å². The van der Waals surface area contributed by atoms with E-state index in [0.717, 1.165) is 11.1 Å². The number of anilines is 1. The summed E-state index contributed by atoms with van der Waals surface area (Å²) in [5, 5.41) is 6.58. The number of hydrogen-bond donors (Lipinski definition) is 2. The Morgan fingerprint density at radius 2 is 1.58 bits per heavy atom. The molecule has 0 aliphatic carbocycles. The van der Waals surface area contributed by atoms with Crippen molar-refractivity contribution in [2.24, 2.45) is 5.10 Å². The maximum absolute atomic E-state index is 11.8. The molecule has 0 saturated heterocycles. The van der Waals surface area contributed by atoms with Gasteiger partial charge in [-0.05, 0) is 35.6 Å². The second kappa shape index (κ2) is 8.43. The molecule has 2 rings (SSSR count). The minimum Gasteiger partial charge on any atom is -0.326 e. The highest BCUT2D eigenvalue weighted by atomic mass is 16.2. The number of nitrogens with one attached hydrogen (secondary N) is 2. The van der Waals surface area contributed by atoms with Crippen LogP contribution in [0.3, 0.4) is 0 Å². The summed E-state index contributed by atoms with van der Waals surface area (Å²) < 4.78 is 0. The number of benzene rings is 2. The second-order valence-corrected chi connectivity index (χ2v) is 7.26. The Bertz CT molecular complexity index is 786. The lowest BCUT2D eigenvalue weighted by atomic mass is 9.87. The molecule has 0 fully saturated rings. The Morgan fingerprint density at radius 3 is 2.15 bits per heavy atom. The smallest absolute Gasteiger partial charge is 0.249 e. The van der Waals surface area contributed by atoms with E-state index in [-0.39, 0.29) is 17.7 Å². The third-order valence-corrected chi connectivity index (χ3v) is 3.84. The Balaban J connectivity index is 1.81. The van der Waals surface area contributed by atoms with Gasteiger partial charge in [-0.3, -0.25) is 9.59 Å². The molecule has 0 aliphatic rings. The van der Waals surface area contributed by atoms with Gasteiger partial charge >= 0.3 is 0 Å². The van der Waals surface area contributed by atoms with Crippen LogP contribution in [0, 0.1) is 6.92 Å². The molecular formula is C21H25N3O2. The maximum Gasteiger partial charge on any atom is 0.249 e. The van der Waals surface area contributed by atoms with Gasteiger partial charge in [-0.25, -0.2) is 5.43 Å². The molecule has 2 amide bonds. The van der Waals surface area contributed by atoms with Crippen molar-refractivity contribution in [3.05, 3.63) is 65.2 Å². The van der Waals surface area contributed by atoms with Gasteiger partial charge in [0.05, 0.1) is 6.21 Å². The molecule has 5 heteroatoms. The molecule has 0 spiro atoms. The first-order valence-corrected chi connectivity index (χ1v) is 8.53. The second-order valence-electron chi connectivity index (χ2n) is 7.26. The molecule has 26 heavy (non-hydrogen) atoms. The predicted octanol–water partition coefficient (Wildman–Crippen LogP) is 3.77. The van der Waals surface area contributed by atoms with Crippen LogP contribution in [0.25, 0.3) is 0 Å². The van der Waals surface area contributed by atoms with Gasteiger partial charge in [0.1, 0.15) is 6.42 Å². The molecule has 0 aliphatic heterocycles. The van der Waals surface area contributed by atoms with Crippen molar-refractivity contribution in [3.8, 4) is 0 Å². The third-order valence-electron chi connectivity index (χ3n) is 3.84. The van der Waals surface area contributed by atoms with Gasteiger partial charge in [0.25, 0.3) is 0 Å². The summed E-state index contributed by atoms with van der Waals surface area (Å²) in [7, 11) is 0. The summed E-state index contributed by atoms with van der Waals surface area (Å²) in [5.74, 6) is -0.840. The molecule has 2 aromatic rings. The van der Waals surface area contributed by atoms with Gasteiger partial charge in [0, 0.05) is 5.69 Å². The summed E-state index contributed by atoms with van der Waals surface area (Å²) in [6.45, 7) is 8.42. The van der Waals surface area contributed by atoms with Crippen LogP contribution in [0.1, 0.15) is 43.9 Å². The summed E-state index contributed by atoms with van der Waals surface area (Å²) in [4.78, 5) is 23.6. The molecular weight excluding hydrogens is 326 g/mol. The summed E-state index contributed by atoms with van der Waals surface area (Å²) in [6, 6.07) is 15.3. The van der Waals surface area contributed by atoms with Crippen LogP contribution < -0.4 is 10.7 Å². The standard InChI is InChI=1S/C21H25N3O2/c1-15-5-11-18(12-6-15)23-19(25)13-20(26)24-22-14-16-7-9-17(10-8-16)21(2,3)4/h5-12,14H,13H2,1-4H3,(H,23,25)(H,24,26). The first-order valence-electron chi connectivity index (χ1n) is 8.53. The number of nitrogens with zero attached hydrogens (tertiary/aromatic N) is 1. The molecule has 0 bridgehead atoms. The minimum absolute atomic E-state index is 0.0920. The normalized spacial score (nSPS) is 11.4. The van der Waals surface area contributed by atoms with Crippen molar-refractivity contribution in [3.63, 3.8) is 0 Å². The number of hydrogen-bond acceptors (Lipinski definition) is 3. The van der Waals surface area contributed by atoms with Gasteiger partial charge < -0.3 is 5.32 Å². The molecule has 5 nitrogen and oxygen atoms in total. The summed E-state index contributed by atoms with van der Waals surface area (Å²) in [5.41, 5.74) is 6.33. The van der Waals surface area contributed by atoms with Gasteiger partial charge in [0.2, 0.25) is 11.8 Å². The molecule has 0 aromatic heterocycles. The van der Waals surface area contributed by atoms with Crippen molar-refractivity contribution in [1.82, 2.24) is 5.43 Å². The molecule has 0 unspecified atom stereocenters. The summed E-state index contributed by atoms with van der Waals surface area (Å²) >= 11 is 0. The average Bonchev–Trinajstić information content (AvgIpc) is 2.56. The Kier molecular flexibility index (Phi) is 6.28. The van der Waals surface area contributed by atoms with Gasteiger partial charge in [-0.1, -0.05) is 62.7 Å². The Hall–Kier alpha value is -2.95. The number of amides is 2. The Morgan fingerprint density at radius 1 is 0.962 bits per heavy atom. The molecule has 136 valence electrons. The highest BCUT2D eigenvalue weighted by Gasteiger charge is 2.12.